The SMILES string of the molecule is CCC(=O)Cn1ncc(N2CCOC(C)(C)C2)cc1=O. The van der Waals surface area contributed by atoms with Gasteiger partial charge in [0.25, 0.3) is 5.56 Å². The zero-order valence-corrected chi connectivity index (χ0v) is 12.3. The fourth-order valence-electron chi connectivity index (χ4n) is 2.23. The first-order valence-electron chi connectivity index (χ1n) is 6.89. The van der Waals surface area contributed by atoms with E-state index in [9.17, 15) is 9.59 Å². The molecule has 2 heterocycles. The van der Waals surface area contributed by atoms with E-state index in [2.05, 4.69) is 10.00 Å². The Bertz CT molecular complexity index is 551. The Labute approximate surface area is 118 Å². The van der Waals surface area contributed by atoms with Crippen molar-refractivity contribution in [1.82, 2.24) is 9.78 Å². The van der Waals surface area contributed by atoms with Crippen LogP contribution >= 0.6 is 0 Å². The van der Waals surface area contributed by atoms with Crippen molar-refractivity contribution in [2.24, 2.45) is 0 Å². The van der Waals surface area contributed by atoms with Crippen molar-refractivity contribution in [3.63, 3.8) is 0 Å². The van der Waals surface area contributed by atoms with E-state index in [0.717, 1.165) is 12.2 Å². The summed E-state index contributed by atoms with van der Waals surface area (Å²) in [6.07, 6.45) is 2.05. The fourth-order valence-corrected chi connectivity index (χ4v) is 2.23. The lowest BCUT2D eigenvalue weighted by molar-refractivity contribution is -0.119. The number of hydrogen-bond acceptors (Lipinski definition) is 5. The molecule has 110 valence electrons. The third kappa shape index (κ3) is 3.45. The fraction of sp³-hybridized carbons (Fsp3) is 0.643. The van der Waals surface area contributed by atoms with E-state index in [1.54, 1.807) is 13.1 Å². The molecule has 0 bridgehead atoms. The maximum atomic E-state index is 12.0. The molecule has 0 N–H and O–H groups in total. The van der Waals surface area contributed by atoms with Gasteiger partial charge in [0.2, 0.25) is 0 Å². The van der Waals surface area contributed by atoms with E-state index in [4.69, 9.17) is 4.74 Å². The highest BCUT2D eigenvalue weighted by molar-refractivity contribution is 5.77. The summed E-state index contributed by atoms with van der Waals surface area (Å²) in [4.78, 5) is 25.5. The molecule has 0 aliphatic carbocycles. The summed E-state index contributed by atoms with van der Waals surface area (Å²) >= 11 is 0. The van der Waals surface area contributed by atoms with Crippen molar-refractivity contribution in [3.05, 3.63) is 22.6 Å². The normalized spacial score (nSPS) is 18.1. The quantitative estimate of drug-likeness (QED) is 0.817. The van der Waals surface area contributed by atoms with E-state index in [1.807, 2.05) is 13.8 Å². The number of Topliss-reactive ketones (excluding diaryl/α,β-unsaturated/α-hetero) is 1. The second-order valence-corrected chi connectivity index (χ2v) is 5.63. The molecule has 1 aromatic heterocycles. The molecular weight excluding hydrogens is 258 g/mol. The molecule has 0 unspecified atom stereocenters. The first-order chi connectivity index (χ1) is 9.41. The van der Waals surface area contributed by atoms with Crippen LogP contribution in [-0.4, -0.2) is 40.9 Å². The van der Waals surface area contributed by atoms with Crippen molar-refractivity contribution in [1.29, 1.82) is 0 Å². The summed E-state index contributed by atoms with van der Waals surface area (Å²) in [5.41, 5.74) is 0.311. The Kier molecular flexibility index (Phi) is 4.23. The number of rotatable bonds is 4. The Morgan fingerprint density at radius 2 is 2.25 bits per heavy atom. The lowest BCUT2D eigenvalue weighted by Gasteiger charge is -2.39. The highest BCUT2D eigenvalue weighted by atomic mass is 16.5. The minimum absolute atomic E-state index is 0.000133. The number of carbonyl (C=O) groups excluding carboxylic acids is 1. The van der Waals surface area contributed by atoms with Gasteiger partial charge < -0.3 is 9.64 Å². The van der Waals surface area contributed by atoms with E-state index < -0.39 is 0 Å². The number of anilines is 1. The number of nitrogens with zero attached hydrogens (tertiary/aromatic N) is 3. The smallest absolute Gasteiger partial charge is 0.269 e. The molecule has 0 saturated carbocycles. The van der Waals surface area contributed by atoms with Crippen LogP contribution < -0.4 is 10.5 Å². The van der Waals surface area contributed by atoms with Crippen molar-refractivity contribution in [3.8, 4) is 0 Å². The average Bonchev–Trinajstić information content (AvgIpc) is 2.39. The molecule has 1 aliphatic rings. The highest BCUT2D eigenvalue weighted by Gasteiger charge is 2.27. The van der Waals surface area contributed by atoms with E-state index in [0.29, 0.717) is 19.6 Å². The summed E-state index contributed by atoms with van der Waals surface area (Å²) in [6.45, 7) is 7.95. The second kappa shape index (κ2) is 5.75. The molecule has 0 aromatic carbocycles. The maximum Gasteiger partial charge on any atom is 0.269 e. The van der Waals surface area contributed by atoms with Gasteiger partial charge in [0.15, 0.2) is 5.78 Å². The number of ether oxygens (including phenoxy) is 1. The molecule has 6 heteroatoms. The van der Waals surface area contributed by atoms with Crippen LogP contribution in [0.5, 0.6) is 0 Å². The second-order valence-electron chi connectivity index (χ2n) is 5.63. The third-order valence-electron chi connectivity index (χ3n) is 3.37. The van der Waals surface area contributed by atoms with Gasteiger partial charge in [-0.3, -0.25) is 9.59 Å². The predicted octanol–water partition coefficient (Wildman–Crippen LogP) is 0.838. The molecule has 6 nitrogen and oxygen atoms in total. The average molecular weight is 279 g/mol. The van der Waals surface area contributed by atoms with Crippen LogP contribution in [0.3, 0.4) is 0 Å². The number of ketones is 1. The standard InChI is InChI=1S/C14H21N3O3/c1-4-12(18)9-17-13(19)7-11(8-15-17)16-5-6-20-14(2,3)10-16/h7-8H,4-6,9-10H2,1-3H3. The van der Waals surface area contributed by atoms with Crippen LogP contribution in [0.4, 0.5) is 5.69 Å². The largest absolute Gasteiger partial charge is 0.372 e. The monoisotopic (exact) mass is 279 g/mol. The molecule has 1 fully saturated rings. The van der Waals surface area contributed by atoms with Crippen molar-refractivity contribution >= 4 is 11.5 Å². The van der Waals surface area contributed by atoms with Gasteiger partial charge in [0.1, 0.15) is 6.54 Å². The van der Waals surface area contributed by atoms with Gasteiger partial charge >= 0.3 is 0 Å². The van der Waals surface area contributed by atoms with E-state index in [-0.39, 0.29) is 23.5 Å². The van der Waals surface area contributed by atoms with Gasteiger partial charge in [-0.15, -0.1) is 0 Å². The van der Waals surface area contributed by atoms with Crippen molar-refractivity contribution < 1.29 is 9.53 Å². The molecule has 0 spiro atoms. The zero-order chi connectivity index (χ0) is 14.8. The van der Waals surface area contributed by atoms with Crippen LogP contribution in [-0.2, 0) is 16.1 Å². The molecule has 0 atom stereocenters. The Morgan fingerprint density at radius 3 is 2.85 bits per heavy atom. The number of aromatic nitrogens is 2. The lowest BCUT2D eigenvalue weighted by atomic mass is 10.1. The van der Waals surface area contributed by atoms with Crippen LogP contribution in [0.15, 0.2) is 17.1 Å². The Morgan fingerprint density at radius 1 is 1.50 bits per heavy atom. The molecule has 1 aromatic rings. The molecular formula is C14H21N3O3. The van der Waals surface area contributed by atoms with Crippen molar-refractivity contribution in [2.75, 3.05) is 24.6 Å². The van der Waals surface area contributed by atoms with Crippen molar-refractivity contribution in [2.45, 2.75) is 39.3 Å². The van der Waals surface area contributed by atoms with E-state index in [1.165, 1.54) is 10.7 Å². The van der Waals surface area contributed by atoms with E-state index >= 15 is 0 Å². The van der Waals surface area contributed by atoms with Gasteiger partial charge in [-0.1, -0.05) is 6.92 Å². The highest BCUT2D eigenvalue weighted by Crippen LogP contribution is 2.21. The van der Waals surface area contributed by atoms with Crippen LogP contribution in [0, 0.1) is 0 Å². The summed E-state index contributed by atoms with van der Waals surface area (Å²) in [5.74, 6) is -0.000133. The van der Waals surface area contributed by atoms with Crippen LogP contribution in [0.1, 0.15) is 27.2 Å². The molecule has 0 amide bonds. The summed E-state index contributed by atoms with van der Waals surface area (Å²) in [7, 11) is 0. The summed E-state index contributed by atoms with van der Waals surface area (Å²) in [6, 6.07) is 1.54. The number of morpholine rings is 1. The molecule has 20 heavy (non-hydrogen) atoms. The van der Waals surface area contributed by atoms with Gasteiger partial charge in [-0.05, 0) is 13.8 Å². The maximum absolute atomic E-state index is 12.0. The summed E-state index contributed by atoms with van der Waals surface area (Å²) < 4.78 is 6.86. The molecule has 1 aliphatic heterocycles. The Hall–Kier alpha value is -1.69. The molecule has 0 radical (unpaired) electrons. The number of hydrogen-bond donors (Lipinski definition) is 0. The lowest BCUT2D eigenvalue weighted by Crippen LogP contribution is -2.48. The van der Waals surface area contributed by atoms with Gasteiger partial charge in [0.05, 0.1) is 24.1 Å². The minimum atomic E-state index is -0.242. The Balaban J connectivity index is 2.16. The van der Waals surface area contributed by atoms with Crippen LogP contribution in [0.25, 0.3) is 0 Å². The van der Waals surface area contributed by atoms with Gasteiger partial charge in [-0.25, -0.2) is 4.68 Å². The van der Waals surface area contributed by atoms with Gasteiger partial charge in [-0.2, -0.15) is 5.10 Å². The predicted molar refractivity (Wildman–Crippen MR) is 76.0 cm³/mol. The van der Waals surface area contributed by atoms with Crippen LogP contribution in [0.2, 0.25) is 0 Å². The first kappa shape index (κ1) is 14.7. The molecule has 2 rings (SSSR count). The molecule has 1 saturated heterocycles. The zero-order valence-electron chi connectivity index (χ0n) is 12.3. The van der Waals surface area contributed by atoms with Gasteiger partial charge in [0, 0.05) is 25.6 Å². The topological polar surface area (TPSA) is 64.4 Å². The third-order valence-corrected chi connectivity index (χ3v) is 3.37. The first-order valence-corrected chi connectivity index (χ1v) is 6.89. The minimum Gasteiger partial charge on any atom is -0.372 e. The summed E-state index contributed by atoms with van der Waals surface area (Å²) in [5, 5.41) is 4.09. The number of carbonyl (C=O) groups is 1.